The lowest BCUT2D eigenvalue weighted by atomic mass is 9.98. The number of amides is 1. The van der Waals surface area contributed by atoms with E-state index >= 15 is 0 Å². The Hall–Kier alpha value is -1.74. The van der Waals surface area contributed by atoms with Gasteiger partial charge in [-0.15, -0.1) is 11.3 Å². The van der Waals surface area contributed by atoms with Crippen LogP contribution in [-0.2, 0) is 27.9 Å². The van der Waals surface area contributed by atoms with Crippen molar-refractivity contribution in [3.63, 3.8) is 0 Å². The minimum Gasteiger partial charge on any atom is -0.352 e. The summed E-state index contributed by atoms with van der Waals surface area (Å²) in [6.07, 6.45) is 5.30. The second-order valence-electron chi connectivity index (χ2n) is 8.51. The molecule has 2 fully saturated rings. The molecule has 6 nitrogen and oxygen atoms in total. The number of nitrogens with zero attached hydrogens (tertiary/aromatic N) is 2. The predicted octanol–water partition coefficient (Wildman–Crippen LogP) is 3.45. The van der Waals surface area contributed by atoms with E-state index in [0.29, 0.717) is 23.7 Å². The first kappa shape index (κ1) is 22.5. The van der Waals surface area contributed by atoms with Crippen LogP contribution in [0.1, 0.15) is 43.2 Å². The third-order valence-electron chi connectivity index (χ3n) is 6.16. The van der Waals surface area contributed by atoms with Crippen molar-refractivity contribution >= 4 is 27.3 Å². The molecule has 1 aromatic carbocycles. The maximum absolute atomic E-state index is 12.8. The van der Waals surface area contributed by atoms with Crippen LogP contribution in [0.25, 0.3) is 0 Å². The molecule has 2 aliphatic heterocycles. The van der Waals surface area contributed by atoms with E-state index in [0.717, 1.165) is 31.6 Å². The van der Waals surface area contributed by atoms with Gasteiger partial charge in [0, 0.05) is 26.2 Å². The fraction of sp³-hybridized carbons (Fsp3) is 0.522. The Balaban J connectivity index is 1.32. The van der Waals surface area contributed by atoms with Crippen molar-refractivity contribution in [2.45, 2.75) is 49.4 Å². The monoisotopic (exact) mass is 461 g/mol. The van der Waals surface area contributed by atoms with E-state index in [-0.39, 0.29) is 18.4 Å². The molecule has 2 aliphatic rings. The molecular weight excluding hydrogens is 430 g/mol. The molecule has 168 valence electrons. The number of thiophene rings is 1. The minimum absolute atomic E-state index is 0.0625. The lowest BCUT2D eigenvalue weighted by Gasteiger charge is -2.30. The predicted molar refractivity (Wildman–Crippen MR) is 123 cm³/mol. The van der Waals surface area contributed by atoms with Crippen LogP contribution in [-0.4, -0.2) is 49.7 Å². The van der Waals surface area contributed by atoms with Gasteiger partial charge in [0.2, 0.25) is 5.91 Å². The number of carbonyl (C=O) groups excluding carboxylic acids is 1. The van der Waals surface area contributed by atoms with Gasteiger partial charge in [0.25, 0.3) is 10.0 Å². The molecule has 1 aromatic heterocycles. The smallest absolute Gasteiger partial charge is 0.252 e. The molecule has 8 heteroatoms. The first-order valence-electron chi connectivity index (χ1n) is 11.1. The number of likely N-dealkylation sites (tertiary alicyclic amines) is 1. The van der Waals surface area contributed by atoms with E-state index in [9.17, 15) is 13.2 Å². The summed E-state index contributed by atoms with van der Waals surface area (Å²) in [6, 6.07) is 11.8. The third-order valence-corrected chi connectivity index (χ3v) is 9.40. The number of sulfonamides is 1. The molecule has 4 rings (SSSR count). The zero-order valence-electron chi connectivity index (χ0n) is 17.8. The lowest BCUT2D eigenvalue weighted by Crippen LogP contribution is -2.45. The number of hydrogen-bond donors (Lipinski definition) is 1. The van der Waals surface area contributed by atoms with Crippen LogP contribution in [0.4, 0.5) is 0 Å². The molecule has 0 saturated carbocycles. The molecule has 2 aromatic rings. The van der Waals surface area contributed by atoms with Crippen molar-refractivity contribution in [1.82, 2.24) is 14.5 Å². The quantitative estimate of drug-likeness (QED) is 0.686. The van der Waals surface area contributed by atoms with E-state index in [1.165, 1.54) is 40.5 Å². The molecule has 1 atom stereocenters. The Bertz CT molecular complexity index is 970. The molecule has 0 aliphatic carbocycles. The van der Waals surface area contributed by atoms with Gasteiger partial charge in [-0.3, -0.25) is 9.69 Å². The molecule has 0 radical (unpaired) electrons. The van der Waals surface area contributed by atoms with E-state index in [2.05, 4.69) is 28.4 Å². The molecule has 3 heterocycles. The highest BCUT2D eigenvalue weighted by molar-refractivity contribution is 7.91. The Morgan fingerprint density at radius 3 is 2.61 bits per heavy atom. The van der Waals surface area contributed by atoms with Gasteiger partial charge >= 0.3 is 0 Å². The average molecular weight is 462 g/mol. The number of piperidine rings is 2. The highest BCUT2D eigenvalue weighted by atomic mass is 32.2. The highest BCUT2D eigenvalue weighted by Gasteiger charge is 2.33. The summed E-state index contributed by atoms with van der Waals surface area (Å²) >= 11 is 1.22. The molecule has 1 amide bonds. The molecule has 0 unspecified atom stereocenters. The highest BCUT2D eigenvalue weighted by Crippen LogP contribution is 2.26. The molecule has 0 spiro atoms. The van der Waals surface area contributed by atoms with Crippen LogP contribution in [0.2, 0.25) is 0 Å². The minimum atomic E-state index is -3.50. The first-order chi connectivity index (χ1) is 15.0. The second-order valence-corrected chi connectivity index (χ2v) is 11.6. The van der Waals surface area contributed by atoms with Gasteiger partial charge in [0.05, 0.1) is 5.92 Å². The summed E-state index contributed by atoms with van der Waals surface area (Å²) in [7, 11) is -3.50. The van der Waals surface area contributed by atoms with Crippen molar-refractivity contribution in [1.29, 1.82) is 0 Å². The Labute approximate surface area is 189 Å². The van der Waals surface area contributed by atoms with Crippen LogP contribution in [0.15, 0.2) is 46.0 Å². The molecule has 1 N–H and O–H groups in total. The first-order valence-corrected chi connectivity index (χ1v) is 13.5. The number of carbonyl (C=O) groups is 1. The van der Waals surface area contributed by atoms with Gasteiger partial charge in [-0.2, -0.15) is 4.31 Å². The summed E-state index contributed by atoms with van der Waals surface area (Å²) in [5.74, 6) is -0.368. The maximum Gasteiger partial charge on any atom is 0.252 e. The van der Waals surface area contributed by atoms with Crippen molar-refractivity contribution in [2.75, 3.05) is 26.2 Å². The van der Waals surface area contributed by atoms with Crippen LogP contribution in [0, 0.1) is 5.92 Å². The Morgan fingerprint density at radius 2 is 1.84 bits per heavy atom. The van der Waals surface area contributed by atoms with Crippen molar-refractivity contribution in [3.8, 4) is 0 Å². The van der Waals surface area contributed by atoms with E-state index in [4.69, 9.17) is 0 Å². The third kappa shape index (κ3) is 5.74. The van der Waals surface area contributed by atoms with Gasteiger partial charge in [-0.05, 0) is 61.3 Å². The number of benzene rings is 1. The van der Waals surface area contributed by atoms with Gasteiger partial charge in [-0.1, -0.05) is 36.8 Å². The van der Waals surface area contributed by atoms with Gasteiger partial charge < -0.3 is 5.32 Å². The van der Waals surface area contributed by atoms with Gasteiger partial charge in [0.1, 0.15) is 4.21 Å². The Kier molecular flexibility index (Phi) is 7.43. The largest absolute Gasteiger partial charge is 0.352 e. The van der Waals surface area contributed by atoms with Gasteiger partial charge in [0.15, 0.2) is 0 Å². The zero-order valence-corrected chi connectivity index (χ0v) is 19.5. The Morgan fingerprint density at radius 1 is 1.03 bits per heavy atom. The summed E-state index contributed by atoms with van der Waals surface area (Å²) in [5, 5.41) is 4.80. The summed E-state index contributed by atoms with van der Waals surface area (Å²) in [4.78, 5) is 15.3. The molecule has 31 heavy (non-hydrogen) atoms. The van der Waals surface area contributed by atoms with Gasteiger partial charge in [-0.25, -0.2) is 8.42 Å². The van der Waals surface area contributed by atoms with E-state index in [1.54, 1.807) is 17.5 Å². The lowest BCUT2D eigenvalue weighted by molar-refractivity contribution is -0.126. The maximum atomic E-state index is 12.8. The molecule has 0 bridgehead atoms. The number of hydrogen-bond acceptors (Lipinski definition) is 5. The average Bonchev–Trinajstić information content (AvgIpc) is 3.35. The summed E-state index contributed by atoms with van der Waals surface area (Å²) in [6.45, 7) is 4.48. The number of rotatable bonds is 7. The standard InChI is InChI=1S/C23H31N3O3S2/c27-23(21-9-5-13-26(18-21)31(28,29)22-10-6-14-30-22)24-16-19-7-4-8-20(15-19)17-25-11-2-1-3-12-25/h4,6-8,10,14-15,21H,1-3,5,9,11-13,16-18H2,(H,24,27)/t21-/m1/s1. The SMILES string of the molecule is O=C(NCc1cccc(CN2CCCCC2)c1)[C@@H]1CCCN(S(=O)(=O)c2cccs2)C1. The summed E-state index contributed by atoms with van der Waals surface area (Å²) in [5.41, 5.74) is 2.36. The van der Waals surface area contributed by atoms with Crippen molar-refractivity contribution < 1.29 is 13.2 Å². The van der Waals surface area contributed by atoms with Crippen LogP contribution in [0.5, 0.6) is 0 Å². The van der Waals surface area contributed by atoms with Crippen LogP contribution in [0.3, 0.4) is 0 Å². The van der Waals surface area contributed by atoms with Crippen LogP contribution >= 0.6 is 11.3 Å². The zero-order chi connectivity index (χ0) is 21.7. The fourth-order valence-corrected chi connectivity index (χ4v) is 7.13. The fourth-order valence-electron chi connectivity index (χ4n) is 4.46. The van der Waals surface area contributed by atoms with Crippen molar-refractivity contribution in [2.24, 2.45) is 5.92 Å². The normalized spacial score (nSPS) is 21.1. The van der Waals surface area contributed by atoms with Crippen molar-refractivity contribution in [3.05, 3.63) is 52.9 Å². The number of nitrogens with one attached hydrogen (secondary N) is 1. The van der Waals surface area contributed by atoms with Crippen LogP contribution < -0.4 is 5.32 Å². The van der Waals surface area contributed by atoms with E-state index in [1.807, 2.05) is 6.07 Å². The topological polar surface area (TPSA) is 69.7 Å². The molecule has 2 saturated heterocycles. The molecular formula is C23H31N3O3S2. The van der Waals surface area contributed by atoms with E-state index < -0.39 is 10.0 Å². The summed E-state index contributed by atoms with van der Waals surface area (Å²) < 4.78 is 27.4. The second kappa shape index (κ2) is 10.3.